The Balaban J connectivity index is 1.26. The molecule has 0 N–H and O–H groups in total. The molecule has 2 aromatic carbocycles. The van der Waals surface area contributed by atoms with E-state index in [9.17, 15) is 4.79 Å². The van der Waals surface area contributed by atoms with E-state index in [0.717, 1.165) is 30.2 Å². The van der Waals surface area contributed by atoms with Crippen molar-refractivity contribution in [1.29, 1.82) is 0 Å². The van der Waals surface area contributed by atoms with Gasteiger partial charge in [0.05, 0.1) is 12.7 Å². The molecule has 1 aromatic heterocycles. The maximum Gasteiger partial charge on any atom is 0.246 e. The molecule has 6 nitrogen and oxygen atoms in total. The number of nitrogens with zero attached hydrogens (tertiary/aromatic N) is 5. The number of carbonyl (C=O) groups excluding carboxylic acids is 1. The van der Waals surface area contributed by atoms with E-state index in [1.807, 2.05) is 59.6 Å². The molecular formula is C23H24ClN5O. The van der Waals surface area contributed by atoms with Gasteiger partial charge < -0.3 is 4.90 Å². The second-order valence-corrected chi connectivity index (χ2v) is 7.83. The average molecular weight is 422 g/mol. The van der Waals surface area contributed by atoms with Gasteiger partial charge in [0.15, 0.2) is 0 Å². The lowest BCUT2D eigenvalue weighted by Gasteiger charge is -2.34. The lowest BCUT2D eigenvalue weighted by atomic mass is 10.2. The zero-order valence-corrected chi connectivity index (χ0v) is 17.4. The van der Waals surface area contributed by atoms with E-state index in [0.29, 0.717) is 25.3 Å². The average Bonchev–Trinajstić information content (AvgIpc) is 3.20. The number of amides is 1. The Hall–Kier alpha value is -2.96. The second-order valence-electron chi connectivity index (χ2n) is 7.39. The summed E-state index contributed by atoms with van der Waals surface area (Å²) in [7, 11) is 0. The minimum Gasteiger partial charge on any atom is -0.337 e. The van der Waals surface area contributed by atoms with Gasteiger partial charge in [0, 0.05) is 43.8 Å². The van der Waals surface area contributed by atoms with Gasteiger partial charge in [-0.15, -0.1) is 5.10 Å². The Morgan fingerprint density at radius 1 is 0.967 bits per heavy atom. The lowest BCUT2D eigenvalue weighted by molar-refractivity contribution is -0.127. The van der Waals surface area contributed by atoms with Crippen LogP contribution in [0, 0.1) is 0 Å². The zero-order valence-electron chi connectivity index (χ0n) is 16.7. The minimum atomic E-state index is 0.00927. The summed E-state index contributed by atoms with van der Waals surface area (Å²) >= 11 is 6.06. The van der Waals surface area contributed by atoms with Gasteiger partial charge in [0.25, 0.3) is 0 Å². The molecule has 0 bridgehead atoms. The van der Waals surface area contributed by atoms with Crippen LogP contribution in [0.15, 0.2) is 66.9 Å². The predicted molar refractivity (Wildman–Crippen MR) is 118 cm³/mol. The quantitative estimate of drug-likeness (QED) is 0.573. The Kier molecular flexibility index (Phi) is 6.57. The van der Waals surface area contributed by atoms with Gasteiger partial charge in [-0.25, -0.2) is 4.68 Å². The first kappa shape index (κ1) is 20.3. The van der Waals surface area contributed by atoms with Crippen LogP contribution < -0.4 is 0 Å². The third-order valence-electron chi connectivity index (χ3n) is 5.12. The molecule has 0 radical (unpaired) electrons. The molecule has 2 heterocycles. The molecule has 0 aliphatic carbocycles. The van der Waals surface area contributed by atoms with E-state index in [1.54, 1.807) is 16.8 Å². The number of halogens is 1. The van der Waals surface area contributed by atoms with Crippen LogP contribution >= 0.6 is 11.6 Å². The Morgan fingerprint density at radius 2 is 1.73 bits per heavy atom. The van der Waals surface area contributed by atoms with Gasteiger partial charge >= 0.3 is 0 Å². The third kappa shape index (κ3) is 5.55. The largest absolute Gasteiger partial charge is 0.337 e. The molecule has 0 unspecified atom stereocenters. The van der Waals surface area contributed by atoms with Crippen molar-refractivity contribution in [2.45, 2.75) is 13.1 Å². The highest BCUT2D eigenvalue weighted by Crippen LogP contribution is 2.14. The first-order valence-electron chi connectivity index (χ1n) is 10.0. The van der Waals surface area contributed by atoms with Crippen LogP contribution in [-0.4, -0.2) is 56.9 Å². The normalized spacial score (nSPS) is 15.0. The van der Waals surface area contributed by atoms with Crippen LogP contribution in [0.25, 0.3) is 6.08 Å². The molecule has 1 amide bonds. The Morgan fingerprint density at radius 3 is 2.50 bits per heavy atom. The van der Waals surface area contributed by atoms with Gasteiger partial charge in [-0.05, 0) is 29.3 Å². The number of carbonyl (C=O) groups is 1. The van der Waals surface area contributed by atoms with Crippen molar-refractivity contribution in [3.8, 4) is 0 Å². The van der Waals surface area contributed by atoms with Crippen molar-refractivity contribution in [2.75, 3.05) is 26.2 Å². The zero-order chi connectivity index (χ0) is 20.8. The highest BCUT2D eigenvalue weighted by molar-refractivity contribution is 6.30. The summed E-state index contributed by atoms with van der Waals surface area (Å²) in [6.07, 6.45) is 5.17. The topological polar surface area (TPSA) is 54.3 Å². The highest BCUT2D eigenvalue weighted by atomic mass is 35.5. The van der Waals surface area contributed by atoms with Crippen LogP contribution in [0.4, 0.5) is 0 Å². The molecule has 0 saturated carbocycles. The third-order valence-corrected chi connectivity index (χ3v) is 5.35. The van der Waals surface area contributed by atoms with Crippen LogP contribution in [0.1, 0.15) is 16.8 Å². The van der Waals surface area contributed by atoms with Crippen LogP contribution in [0.5, 0.6) is 0 Å². The number of rotatable bonds is 6. The lowest BCUT2D eigenvalue weighted by Crippen LogP contribution is -2.47. The first-order chi connectivity index (χ1) is 14.7. The van der Waals surface area contributed by atoms with Crippen molar-refractivity contribution in [3.05, 3.63) is 88.7 Å². The molecule has 1 aliphatic heterocycles. The molecule has 0 atom stereocenters. The van der Waals surface area contributed by atoms with Gasteiger partial charge in [0.2, 0.25) is 5.91 Å². The molecule has 1 saturated heterocycles. The fourth-order valence-electron chi connectivity index (χ4n) is 3.52. The molecule has 0 spiro atoms. The maximum absolute atomic E-state index is 12.5. The summed E-state index contributed by atoms with van der Waals surface area (Å²) in [5, 5.41) is 9.02. The summed E-state index contributed by atoms with van der Waals surface area (Å²) in [6, 6.07) is 18.0. The maximum atomic E-state index is 12.5. The fraction of sp³-hybridized carbons (Fsp3) is 0.261. The second kappa shape index (κ2) is 9.69. The van der Waals surface area contributed by atoms with Gasteiger partial charge in [-0.2, -0.15) is 0 Å². The predicted octanol–water partition coefficient (Wildman–Crippen LogP) is 3.34. The van der Waals surface area contributed by atoms with E-state index in [2.05, 4.69) is 21.3 Å². The number of aromatic nitrogens is 3. The van der Waals surface area contributed by atoms with Crippen LogP contribution in [-0.2, 0) is 17.9 Å². The summed E-state index contributed by atoms with van der Waals surface area (Å²) in [5.41, 5.74) is 3.03. The molecule has 30 heavy (non-hydrogen) atoms. The fourth-order valence-corrected chi connectivity index (χ4v) is 3.73. The molecule has 154 valence electrons. The van der Waals surface area contributed by atoms with Crippen molar-refractivity contribution in [3.63, 3.8) is 0 Å². The molecule has 1 fully saturated rings. The van der Waals surface area contributed by atoms with Crippen molar-refractivity contribution in [2.24, 2.45) is 0 Å². The standard InChI is InChI=1S/C23H24ClN5O/c24-21-8-4-7-20(15-21)16-27-11-13-28(14-12-27)23(30)10-9-22-18-29(26-25-22)17-19-5-2-1-3-6-19/h1-10,15,18H,11-14,16-17H2/b10-9+. The van der Waals surface area contributed by atoms with E-state index in [-0.39, 0.29) is 5.91 Å². The summed E-state index contributed by atoms with van der Waals surface area (Å²) in [6.45, 7) is 4.63. The molecular weight excluding hydrogens is 398 g/mol. The highest BCUT2D eigenvalue weighted by Gasteiger charge is 2.19. The van der Waals surface area contributed by atoms with Crippen LogP contribution in [0.3, 0.4) is 0 Å². The minimum absolute atomic E-state index is 0.00927. The number of hydrogen-bond acceptors (Lipinski definition) is 4. The molecule has 7 heteroatoms. The van der Waals surface area contributed by atoms with Crippen LogP contribution in [0.2, 0.25) is 5.02 Å². The number of piperazine rings is 1. The van der Waals surface area contributed by atoms with Crippen molar-refractivity contribution in [1.82, 2.24) is 24.8 Å². The molecule has 3 aromatic rings. The monoisotopic (exact) mass is 421 g/mol. The summed E-state index contributed by atoms with van der Waals surface area (Å²) in [5.74, 6) is 0.00927. The molecule has 1 aliphatic rings. The van der Waals surface area contributed by atoms with Gasteiger partial charge in [0.1, 0.15) is 5.69 Å². The number of benzene rings is 2. The smallest absolute Gasteiger partial charge is 0.246 e. The van der Waals surface area contributed by atoms with Gasteiger partial charge in [-0.1, -0.05) is 59.3 Å². The SMILES string of the molecule is O=C(/C=C/c1cn(Cc2ccccc2)nn1)N1CCN(Cc2cccc(Cl)c2)CC1. The Labute approximate surface area is 181 Å². The van der Waals surface area contributed by atoms with E-state index in [4.69, 9.17) is 11.6 Å². The van der Waals surface area contributed by atoms with E-state index in [1.165, 1.54) is 5.56 Å². The van der Waals surface area contributed by atoms with Crippen molar-refractivity contribution >= 4 is 23.6 Å². The van der Waals surface area contributed by atoms with Crippen molar-refractivity contribution < 1.29 is 4.79 Å². The Bertz CT molecular complexity index is 1010. The van der Waals surface area contributed by atoms with E-state index < -0.39 is 0 Å². The van der Waals surface area contributed by atoms with Gasteiger partial charge in [-0.3, -0.25) is 9.69 Å². The van der Waals surface area contributed by atoms with E-state index >= 15 is 0 Å². The molecule has 4 rings (SSSR count). The first-order valence-corrected chi connectivity index (χ1v) is 10.4. The number of hydrogen-bond donors (Lipinski definition) is 0. The summed E-state index contributed by atoms with van der Waals surface area (Å²) in [4.78, 5) is 16.7. The summed E-state index contributed by atoms with van der Waals surface area (Å²) < 4.78 is 1.77.